The quantitative estimate of drug-likeness (QED) is 0.583. The fourth-order valence-corrected chi connectivity index (χ4v) is 2.65. The lowest BCUT2D eigenvalue weighted by molar-refractivity contribution is -0.131. The second-order valence-electron chi connectivity index (χ2n) is 5.35. The number of ether oxygens (including phenoxy) is 1. The summed E-state index contributed by atoms with van der Waals surface area (Å²) < 4.78 is 5.37. The third-order valence-corrected chi connectivity index (χ3v) is 3.79. The van der Waals surface area contributed by atoms with Crippen LogP contribution in [0.25, 0.3) is 0 Å². The molecule has 0 saturated carbocycles. The molecule has 0 heterocycles. The Labute approximate surface area is 119 Å². The van der Waals surface area contributed by atoms with Gasteiger partial charge in [0, 0.05) is 6.92 Å². The van der Waals surface area contributed by atoms with Gasteiger partial charge >= 0.3 is 5.97 Å². The fraction of sp³-hybridized carbons (Fsp3) is 0.278. The van der Waals surface area contributed by atoms with Crippen molar-refractivity contribution in [1.82, 2.24) is 0 Å². The zero-order valence-corrected chi connectivity index (χ0v) is 11.7. The Morgan fingerprint density at radius 2 is 1.40 bits per heavy atom. The third kappa shape index (κ3) is 2.90. The summed E-state index contributed by atoms with van der Waals surface area (Å²) in [6.07, 6.45) is 3.84. The molecule has 0 aromatic heterocycles. The largest absolute Gasteiger partial charge is 0.426 e. The molecule has 2 heteroatoms. The van der Waals surface area contributed by atoms with Crippen molar-refractivity contribution < 1.29 is 9.53 Å². The molecule has 0 atom stereocenters. The molecule has 2 nitrogen and oxygen atoms in total. The van der Waals surface area contributed by atoms with Gasteiger partial charge in [-0.1, -0.05) is 36.4 Å². The van der Waals surface area contributed by atoms with Gasteiger partial charge in [-0.15, -0.1) is 0 Å². The molecule has 102 valence electrons. The van der Waals surface area contributed by atoms with Crippen LogP contribution in [0, 0.1) is 0 Å². The van der Waals surface area contributed by atoms with Gasteiger partial charge in [0.15, 0.2) is 0 Å². The van der Waals surface area contributed by atoms with Crippen LogP contribution in [0.5, 0.6) is 5.75 Å². The van der Waals surface area contributed by atoms with Crippen molar-refractivity contribution in [2.45, 2.75) is 32.6 Å². The van der Waals surface area contributed by atoms with Gasteiger partial charge < -0.3 is 4.74 Å². The fourth-order valence-electron chi connectivity index (χ4n) is 2.65. The number of esters is 1. The first kappa shape index (κ1) is 12.9. The summed E-state index contributed by atoms with van der Waals surface area (Å²) in [4.78, 5) is 11.2. The predicted octanol–water partition coefficient (Wildman–Crippen LogP) is 3.50. The van der Waals surface area contributed by atoms with E-state index in [1.807, 2.05) is 6.07 Å². The minimum atomic E-state index is -0.251. The summed E-state index contributed by atoms with van der Waals surface area (Å²) in [5.41, 5.74) is 5.00. The maximum absolute atomic E-state index is 11.2. The molecular formula is C18H18O2. The highest BCUT2D eigenvalue weighted by Gasteiger charge is 2.10. The summed E-state index contributed by atoms with van der Waals surface area (Å²) in [6, 6.07) is 15.1. The summed E-state index contributed by atoms with van der Waals surface area (Å²) in [5.74, 6) is 0.476. The lowest BCUT2D eigenvalue weighted by Gasteiger charge is -2.13. The summed E-state index contributed by atoms with van der Waals surface area (Å²) in [6.45, 7) is 1.46. The van der Waals surface area contributed by atoms with Gasteiger partial charge in [0.1, 0.15) is 5.75 Å². The van der Waals surface area contributed by atoms with Crippen LogP contribution in [-0.4, -0.2) is 5.97 Å². The third-order valence-electron chi connectivity index (χ3n) is 3.79. The molecule has 4 bridgehead atoms. The van der Waals surface area contributed by atoms with E-state index in [0.29, 0.717) is 0 Å². The standard InChI is InChI=1S/C18H18O2/c1-13(19)20-18-12-16-7-6-14-2-4-15(5-3-14)8-10-17(18)11-9-16/h2-5,9,11-12H,6-8,10H2,1H3. The Kier molecular flexibility index (Phi) is 3.55. The highest BCUT2D eigenvalue weighted by atomic mass is 16.5. The van der Waals surface area contributed by atoms with Crippen LogP contribution in [0.2, 0.25) is 0 Å². The van der Waals surface area contributed by atoms with Crippen molar-refractivity contribution in [3.05, 3.63) is 64.7 Å². The van der Waals surface area contributed by atoms with Crippen LogP contribution in [0.15, 0.2) is 42.5 Å². The molecule has 0 N–H and O–H groups in total. The van der Waals surface area contributed by atoms with Gasteiger partial charge in [0.25, 0.3) is 0 Å². The number of hydrogen-bond acceptors (Lipinski definition) is 2. The van der Waals surface area contributed by atoms with E-state index in [9.17, 15) is 4.79 Å². The molecule has 2 aromatic rings. The van der Waals surface area contributed by atoms with Crippen LogP contribution in [-0.2, 0) is 30.5 Å². The second kappa shape index (κ2) is 5.49. The van der Waals surface area contributed by atoms with Crippen LogP contribution in [0.4, 0.5) is 0 Å². The van der Waals surface area contributed by atoms with Crippen molar-refractivity contribution in [3.63, 3.8) is 0 Å². The van der Waals surface area contributed by atoms with E-state index in [1.54, 1.807) is 0 Å². The first-order chi connectivity index (χ1) is 9.70. The van der Waals surface area contributed by atoms with E-state index in [1.165, 1.54) is 23.6 Å². The predicted molar refractivity (Wildman–Crippen MR) is 79.0 cm³/mol. The Morgan fingerprint density at radius 1 is 0.850 bits per heavy atom. The molecule has 0 radical (unpaired) electrons. The maximum Gasteiger partial charge on any atom is 0.308 e. The Balaban J connectivity index is 1.97. The van der Waals surface area contributed by atoms with Gasteiger partial charge in [-0.05, 0) is 54.0 Å². The number of hydrogen-bond donors (Lipinski definition) is 0. The lowest BCUT2D eigenvalue weighted by atomic mass is 9.96. The van der Waals surface area contributed by atoms with Gasteiger partial charge in [-0.25, -0.2) is 0 Å². The summed E-state index contributed by atoms with van der Waals surface area (Å²) in [7, 11) is 0. The molecule has 0 aliphatic heterocycles. The van der Waals surface area contributed by atoms with E-state index in [4.69, 9.17) is 4.74 Å². The van der Waals surface area contributed by atoms with Crippen molar-refractivity contribution in [2.24, 2.45) is 0 Å². The van der Waals surface area contributed by atoms with Gasteiger partial charge in [0.2, 0.25) is 0 Å². The monoisotopic (exact) mass is 266 g/mol. The van der Waals surface area contributed by atoms with E-state index in [-0.39, 0.29) is 5.97 Å². The number of carbonyl (C=O) groups is 1. The van der Waals surface area contributed by atoms with Crippen LogP contribution in [0.1, 0.15) is 29.2 Å². The molecule has 4 aliphatic rings. The minimum absolute atomic E-state index is 0.251. The van der Waals surface area contributed by atoms with E-state index < -0.39 is 0 Å². The van der Waals surface area contributed by atoms with Crippen LogP contribution in [0.3, 0.4) is 0 Å². The number of carbonyl (C=O) groups excluding carboxylic acids is 1. The van der Waals surface area contributed by atoms with E-state index in [2.05, 4.69) is 36.4 Å². The Morgan fingerprint density at radius 3 is 2.05 bits per heavy atom. The van der Waals surface area contributed by atoms with Crippen molar-refractivity contribution in [2.75, 3.05) is 0 Å². The van der Waals surface area contributed by atoms with Gasteiger partial charge in [-0.2, -0.15) is 0 Å². The second-order valence-corrected chi connectivity index (χ2v) is 5.35. The summed E-state index contributed by atoms with van der Waals surface area (Å²) >= 11 is 0. The molecule has 4 aliphatic carbocycles. The molecular weight excluding hydrogens is 248 g/mol. The molecule has 6 rings (SSSR count). The zero-order valence-electron chi connectivity index (χ0n) is 11.7. The molecule has 0 unspecified atom stereocenters. The normalized spacial score (nSPS) is 13.7. The van der Waals surface area contributed by atoms with E-state index in [0.717, 1.165) is 37.0 Å². The molecule has 0 spiro atoms. The topological polar surface area (TPSA) is 26.3 Å². The SMILES string of the molecule is CC(=O)Oc1cc2ccc1CCc1ccc(cc1)CC2. The van der Waals surface area contributed by atoms with Crippen LogP contribution >= 0.6 is 0 Å². The Hall–Kier alpha value is -2.09. The summed E-state index contributed by atoms with van der Waals surface area (Å²) in [5, 5.41) is 0. The van der Waals surface area contributed by atoms with Crippen molar-refractivity contribution in [1.29, 1.82) is 0 Å². The van der Waals surface area contributed by atoms with Crippen LogP contribution < -0.4 is 4.74 Å². The molecule has 0 fully saturated rings. The Bertz CT molecular complexity index is 626. The smallest absolute Gasteiger partial charge is 0.308 e. The highest BCUT2D eigenvalue weighted by Crippen LogP contribution is 2.24. The van der Waals surface area contributed by atoms with Crippen molar-refractivity contribution in [3.8, 4) is 5.75 Å². The first-order valence-corrected chi connectivity index (χ1v) is 7.09. The lowest BCUT2D eigenvalue weighted by Crippen LogP contribution is -2.06. The van der Waals surface area contributed by atoms with Gasteiger partial charge in [-0.3, -0.25) is 4.79 Å². The van der Waals surface area contributed by atoms with Crippen molar-refractivity contribution >= 4 is 5.97 Å². The maximum atomic E-state index is 11.2. The number of aryl methyl sites for hydroxylation is 4. The average Bonchev–Trinajstić information content (AvgIpc) is 2.42. The number of rotatable bonds is 1. The molecule has 20 heavy (non-hydrogen) atoms. The average molecular weight is 266 g/mol. The van der Waals surface area contributed by atoms with E-state index >= 15 is 0 Å². The molecule has 0 amide bonds. The highest BCUT2D eigenvalue weighted by molar-refractivity contribution is 5.70. The number of benzene rings is 2. The van der Waals surface area contributed by atoms with Gasteiger partial charge in [0.05, 0.1) is 0 Å². The molecule has 0 saturated heterocycles. The molecule has 2 aromatic carbocycles. The zero-order chi connectivity index (χ0) is 13.9. The minimum Gasteiger partial charge on any atom is -0.426 e. The first-order valence-electron chi connectivity index (χ1n) is 7.09.